The molecule has 2 aromatic rings. The first-order valence-electron chi connectivity index (χ1n) is 7.74. The van der Waals surface area contributed by atoms with Crippen LogP contribution in [0.2, 0.25) is 10.0 Å². The summed E-state index contributed by atoms with van der Waals surface area (Å²) in [6.45, 7) is 2.15. The highest BCUT2D eigenvalue weighted by Crippen LogP contribution is 2.35. The van der Waals surface area contributed by atoms with E-state index >= 15 is 0 Å². The number of benzene rings is 2. The van der Waals surface area contributed by atoms with Crippen LogP contribution in [0, 0.1) is 0 Å². The largest absolute Gasteiger partial charge is 0.493 e. The average molecular weight is 397 g/mol. The summed E-state index contributed by atoms with van der Waals surface area (Å²) in [6, 6.07) is 10.1. The van der Waals surface area contributed by atoms with E-state index in [2.05, 4.69) is 10.5 Å². The van der Waals surface area contributed by atoms with Gasteiger partial charge in [0.2, 0.25) is 0 Å². The second kappa shape index (κ2) is 9.89. The molecular weight excluding hydrogens is 379 g/mol. The highest BCUT2D eigenvalue weighted by atomic mass is 35.5. The molecule has 0 aliphatic heterocycles. The Kier molecular flexibility index (Phi) is 7.56. The number of rotatable bonds is 8. The molecule has 8 heteroatoms. The van der Waals surface area contributed by atoms with Gasteiger partial charge in [-0.2, -0.15) is 5.10 Å². The molecule has 0 heterocycles. The zero-order valence-corrected chi connectivity index (χ0v) is 15.8. The van der Waals surface area contributed by atoms with Gasteiger partial charge in [-0.05, 0) is 48.9 Å². The number of nitrogens with zero attached hydrogens (tertiary/aromatic N) is 1. The van der Waals surface area contributed by atoms with Crippen LogP contribution in [0.3, 0.4) is 0 Å². The van der Waals surface area contributed by atoms with Gasteiger partial charge < -0.3 is 14.2 Å². The van der Waals surface area contributed by atoms with E-state index in [4.69, 9.17) is 37.4 Å². The number of hydrogen-bond donors (Lipinski definition) is 1. The first-order valence-corrected chi connectivity index (χ1v) is 8.49. The van der Waals surface area contributed by atoms with Crippen molar-refractivity contribution in [2.24, 2.45) is 5.10 Å². The number of ether oxygens (including phenoxy) is 3. The van der Waals surface area contributed by atoms with E-state index in [1.165, 1.54) is 13.3 Å². The van der Waals surface area contributed by atoms with Crippen molar-refractivity contribution in [1.29, 1.82) is 0 Å². The number of hydrazone groups is 1. The number of carbonyl (C=O) groups is 1. The molecule has 0 saturated heterocycles. The third-order valence-electron chi connectivity index (χ3n) is 3.13. The molecule has 0 aliphatic carbocycles. The molecule has 0 radical (unpaired) electrons. The van der Waals surface area contributed by atoms with Crippen LogP contribution in [0.4, 0.5) is 0 Å². The lowest BCUT2D eigenvalue weighted by Gasteiger charge is -2.11. The van der Waals surface area contributed by atoms with Gasteiger partial charge >= 0.3 is 0 Å². The number of amides is 1. The van der Waals surface area contributed by atoms with Gasteiger partial charge in [0.15, 0.2) is 18.1 Å². The Morgan fingerprint density at radius 1 is 1.19 bits per heavy atom. The van der Waals surface area contributed by atoms with Crippen molar-refractivity contribution in [3.05, 3.63) is 52.0 Å². The highest BCUT2D eigenvalue weighted by molar-refractivity contribution is 6.32. The fourth-order valence-corrected chi connectivity index (χ4v) is 2.39. The lowest BCUT2D eigenvalue weighted by atomic mass is 10.2. The van der Waals surface area contributed by atoms with Crippen LogP contribution in [0.1, 0.15) is 12.5 Å². The third kappa shape index (κ3) is 5.82. The van der Waals surface area contributed by atoms with Gasteiger partial charge in [-0.15, -0.1) is 0 Å². The Hall–Kier alpha value is -2.44. The molecule has 6 nitrogen and oxygen atoms in total. The van der Waals surface area contributed by atoms with E-state index < -0.39 is 5.91 Å². The standard InChI is InChI=1S/C18H18Cl2N2O4/c1-3-25-18-15(20)8-12(9-16(18)24-2)10-21-22-17(23)11-26-14-6-4-13(19)5-7-14/h4-10H,3,11H2,1-2H3,(H,22,23)/b21-10+. The summed E-state index contributed by atoms with van der Waals surface area (Å²) in [5.41, 5.74) is 3.02. The van der Waals surface area contributed by atoms with Crippen molar-refractivity contribution >= 4 is 35.3 Å². The number of carbonyl (C=O) groups excluding carboxylic acids is 1. The van der Waals surface area contributed by atoms with E-state index in [1.54, 1.807) is 36.4 Å². The van der Waals surface area contributed by atoms with Crippen LogP contribution in [0.25, 0.3) is 0 Å². The predicted octanol–water partition coefficient (Wildman–Crippen LogP) is 3.93. The predicted molar refractivity (Wildman–Crippen MR) is 102 cm³/mol. The van der Waals surface area contributed by atoms with Gasteiger partial charge in [0.25, 0.3) is 5.91 Å². The molecule has 0 saturated carbocycles. The van der Waals surface area contributed by atoms with Crippen LogP contribution in [-0.2, 0) is 4.79 Å². The Balaban J connectivity index is 1.91. The molecule has 1 N–H and O–H groups in total. The van der Waals surface area contributed by atoms with Crippen LogP contribution in [-0.4, -0.2) is 32.4 Å². The van der Waals surface area contributed by atoms with Crippen molar-refractivity contribution in [1.82, 2.24) is 5.43 Å². The second-order valence-corrected chi connectivity index (χ2v) is 5.85. The number of hydrogen-bond acceptors (Lipinski definition) is 5. The van der Waals surface area contributed by atoms with E-state index in [0.29, 0.717) is 39.5 Å². The molecule has 0 fully saturated rings. The van der Waals surface area contributed by atoms with Crippen LogP contribution < -0.4 is 19.6 Å². The maximum absolute atomic E-state index is 11.8. The first-order chi connectivity index (χ1) is 12.5. The maximum Gasteiger partial charge on any atom is 0.277 e. The Morgan fingerprint density at radius 3 is 2.58 bits per heavy atom. The molecule has 0 atom stereocenters. The van der Waals surface area contributed by atoms with Gasteiger partial charge in [0.05, 0.1) is 25.0 Å². The minimum absolute atomic E-state index is 0.174. The van der Waals surface area contributed by atoms with Gasteiger partial charge in [0.1, 0.15) is 5.75 Å². The van der Waals surface area contributed by atoms with Crippen LogP contribution in [0.15, 0.2) is 41.5 Å². The van der Waals surface area contributed by atoms with Crippen molar-refractivity contribution in [3.8, 4) is 17.2 Å². The molecule has 0 aliphatic rings. The Labute approximate surface area is 161 Å². The SMILES string of the molecule is CCOc1c(Cl)cc(/C=N/NC(=O)COc2ccc(Cl)cc2)cc1OC. The van der Waals surface area contributed by atoms with Crippen molar-refractivity contribution in [3.63, 3.8) is 0 Å². The number of halogens is 2. The summed E-state index contributed by atoms with van der Waals surface area (Å²) in [5, 5.41) is 4.87. The van der Waals surface area contributed by atoms with E-state index in [1.807, 2.05) is 6.92 Å². The summed E-state index contributed by atoms with van der Waals surface area (Å²) in [7, 11) is 1.52. The minimum Gasteiger partial charge on any atom is -0.493 e. The molecule has 0 unspecified atom stereocenters. The van der Waals surface area contributed by atoms with Crippen LogP contribution in [0.5, 0.6) is 17.2 Å². The molecule has 1 amide bonds. The first kappa shape index (κ1) is 19.9. The molecule has 0 spiro atoms. The zero-order valence-electron chi connectivity index (χ0n) is 14.3. The molecule has 2 rings (SSSR count). The van der Waals surface area contributed by atoms with E-state index in [0.717, 1.165) is 0 Å². The highest BCUT2D eigenvalue weighted by Gasteiger charge is 2.11. The summed E-state index contributed by atoms with van der Waals surface area (Å²) in [6.07, 6.45) is 1.45. The second-order valence-electron chi connectivity index (χ2n) is 5.00. The maximum atomic E-state index is 11.8. The minimum atomic E-state index is -0.403. The van der Waals surface area contributed by atoms with Gasteiger partial charge in [-0.25, -0.2) is 5.43 Å². The summed E-state index contributed by atoms with van der Waals surface area (Å²) < 4.78 is 16.0. The third-order valence-corrected chi connectivity index (χ3v) is 3.66. The van der Waals surface area contributed by atoms with Crippen molar-refractivity contribution in [2.75, 3.05) is 20.3 Å². The fourth-order valence-electron chi connectivity index (χ4n) is 1.99. The summed E-state index contributed by atoms with van der Waals surface area (Å²) >= 11 is 12.0. The Bertz CT molecular complexity index is 780. The Morgan fingerprint density at radius 2 is 1.92 bits per heavy atom. The van der Waals surface area contributed by atoms with Gasteiger partial charge in [-0.3, -0.25) is 4.79 Å². The fraction of sp³-hybridized carbons (Fsp3) is 0.222. The number of methoxy groups -OCH3 is 1. The summed E-state index contributed by atoms with van der Waals surface area (Å²) in [5.74, 6) is 1.09. The zero-order chi connectivity index (χ0) is 18.9. The molecule has 0 bridgehead atoms. The smallest absolute Gasteiger partial charge is 0.277 e. The van der Waals surface area contributed by atoms with Gasteiger partial charge in [0, 0.05) is 5.02 Å². The van der Waals surface area contributed by atoms with Crippen LogP contribution >= 0.6 is 23.2 Å². The monoisotopic (exact) mass is 396 g/mol. The lowest BCUT2D eigenvalue weighted by molar-refractivity contribution is -0.123. The van der Waals surface area contributed by atoms with Crippen molar-refractivity contribution < 1.29 is 19.0 Å². The average Bonchev–Trinajstić information content (AvgIpc) is 2.63. The normalized spacial score (nSPS) is 10.6. The lowest BCUT2D eigenvalue weighted by Crippen LogP contribution is -2.24. The molecule has 2 aromatic carbocycles. The molecule has 26 heavy (non-hydrogen) atoms. The van der Waals surface area contributed by atoms with E-state index in [9.17, 15) is 4.79 Å². The quantitative estimate of drug-likeness (QED) is 0.541. The van der Waals surface area contributed by atoms with E-state index in [-0.39, 0.29) is 6.61 Å². The molecule has 138 valence electrons. The topological polar surface area (TPSA) is 69.2 Å². The summed E-state index contributed by atoms with van der Waals surface area (Å²) in [4.78, 5) is 11.8. The number of nitrogens with one attached hydrogen (secondary N) is 1. The molecular formula is C18H18Cl2N2O4. The van der Waals surface area contributed by atoms with Crippen molar-refractivity contribution in [2.45, 2.75) is 6.92 Å². The van der Waals surface area contributed by atoms with Gasteiger partial charge in [-0.1, -0.05) is 23.2 Å². The molecule has 0 aromatic heterocycles.